The van der Waals surface area contributed by atoms with E-state index in [1.807, 2.05) is 24.3 Å². The number of hydrogen-bond donors (Lipinski definition) is 3. The lowest BCUT2D eigenvalue weighted by atomic mass is 9.88. The van der Waals surface area contributed by atoms with Gasteiger partial charge in [0.05, 0.1) is 0 Å². The molecular weight excluding hydrogens is 564 g/mol. The van der Waals surface area contributed by atoms with E-state index in [1.165, 1.54) is 4.31 Å². The highest BCUT2D eigenvalue weighted by molar-refractivity contribution is 7.84. The van der Waals surface area contributed by atoms with Gasteiger partial charge in [0.25, 0.3) is 0 Å². The van der Waals surface area contributed by atoms with Crippen molar-refractivity contribution in [1.29, 1.82) is 0 Å². The number of benzene rings is 2. The van der Waals surface area contributed by atoms with Gasteiger partial charge in [0, 0.05) is 45.6 Å². The Hall–Kier alpha value is -3.68. The van der Waals surface area contributed by atoms with Crippen LogP contribution in [-0.4, -0.2) is 74.1 Å². The molecule has 1 atom stereocenters. The van der Waals surface area contributed by atoms with E-state index in [4.69, 9.17) is 19.4 Å². The molecule has 2 aromatic rings. The van der Waals surface area contributed by atoms with Crippen molar-refractivity contribution >= 4 is 28.2 Å². The van der Waals surface area contributed by atoms with Gasteiger partial charge in [-0.3, -0.25) is 9.59 Å². The van der Waals surface area contributed by atoms with E-state index in [9.17, 15) is 22.8 Å². The van der Waals surface area contributed by atoms with Crippen molar-refractivity contribution in [3.05, 3.63) is 54.1 Å². The van der Waals surface area contributed by atoms with Crippen molar-refractivity contribution in [1.82, 2.24) is 14.9 Å². The van der Waals surface area contributed by atoms with Gasteiger partial charge in [-0.2, -0.15) is 12.7 Å². The average molecular weight is 603 g/mol. The monoisotopic (exact) mass is 602 g/mol. The van der Waals surface area contributed by atoms with Crippen LogP contribution in [0.1, 0.15) is 45.6 Å². The summed E-state index contributed by atoms with van der Waals surface area (Å²) in [4.78, 5) is 38.3. The highest BCUT2D eigenvalue weighted by atomic mass is 32.2. The fourth-order valence-corrected chi connectivity index (χ4v) is 5.77. The molecule has 0 bridgehead atoms. The van der Waals surface area contributed by atoms with Crippen LogP contribution >= 0.6 is 0 Å². The van der Waals surface area contributed by atoms with E-state index in [2.05, 4.69) is 10.6 Å². The van der Waals surface area contributed by atoms with Gasteiger partial charge < -0.3 is 30.0 Å². The predicted molar refractivity (Wildman–Crippen MR) is 155 cm³/mol. The van der Waals surface area contributed by atoms with Crippen LogP contribution in [0, 0.1) is 0 Å². The van der Waals surface area contributed by atoms with E-state index >= 15 is 0 Å². The molecule has 2 fully saturated rings. The molecule has 4 N–H and O–H groups in total. The quantitative estimate of drug-likeness (QED) is 0.372. The lowest BCUT2D eigenvalue weighted by Gasteiger charge is -2.37. The summed E-state index contributed by atoms with van der Waals surface area (Å²) in [6.07, 6.45) is 0.661. The third-order valence-electron chi connectivity index (χ3n) is 7.08. The van der Waals surface area contributed by atoms with Crippen LogP contribution in [0.2, 0.25) is 0 Å². The Morgan fingerprint density at radius 1 is 1.00 bits per heavy atom. The van der Waals surface area contributed by atoms with Gasteiger partial charge in [-0.25, -0.2) is 4.79 Å². The number of nitrogens with one attached hydrogen (secondary N) is 2. The normalized spacial score (nSPS) is 17.8. The van der Waals surface area contributed by atoms with Crippen molar-refractivity contribution in [3.8, 4) is 16.9 Å². The molecule has 13 heteroatoms. The first-order chi connectivity index (χ1) is 19.8. The zero-order valence-corrected chi connectivity index (χ0v) is 24.9. The molecule has 2 saturated heterocycles. The van der Waals surface area contributed by atoms with Gasteiger partial charge in [-0.1, -0.05) is 36.4 Å². The fourth-order valence-electron chi connectivity index (χ4n) is 4.60. The number of hydrogen-bond acceptors (Lipinski definition) is 8. The van der Waals surface area contributed by atoms with Gasteiger partial charge in [0.15, 0.2) is 0 Å². The molecule has 2 heterocycles. The number of primary amides is 1. The minimum atomic E-state index is -3.78. The van der Waals surface area contributed by atoms with Crippen LogP contribution < -0.4 is 20.6 Å². The summed E-state index contributed by atoms with van der Waals surface area (Å²) in [7, 11) is -3.78. The molecule has 228 valence electrons. The largest absolute Gasteiger partial charge is 0.444 e. The lowest BCUT2D eigenvalue weighted by molar-refractivity contribution is -0.135. The van der Waals surface area contributed by atoms with Crippen LogP contribution in [-0.2, 0) is 35.8 Å². The molecule has 3 amide bonds. The minimum absolute atomic E-state index is 0.140. The van der Waals surface area contributed by atoms with Crippen molar-refractivity contribution in [2.75, 3.05) is 26.3 Å². The molecule has 0 saturated carbocycles. The third-order valence-corrected chi connectivity index (χ3v) is 8.48. The number of amides is 3. The summed E-state index contributed by atoms with van der Waals surface area (Å²) in [5.41, 5.74) is 6.05. The van der Waals surface area contributed by atoms with Gasteiger partial charge in [0.1, 0.15) is 22.9 Å². The van der Waals surface area contributed by atoms with Gasteiger partial charge in [-0.15, -0.1) is 0 Å². The Morgan fingerprint density at radius 2 is 1.57 bits per heavy atom. The van der Waals surface area contributed by atoms with Crippen LogP contribution in [0.3, 0.4) is 0 Å². The lowest BCUT2D eigenvalue weighted by Crippen LogP contribution is -2.64. The van der Waals surface area contributed by atoms with Gasteiger partial charge in [-0.05, 0) is 56.0 Å². The molecule has 2 aromatic carbocycles. The van der Waals surface area contributed by atoms with E-state index in [0.717, 1.165) is 23.1 Å². The molecule has 0 aliphatic carbocycles. The highest BCUT2D eigenvalue weighted by Gasteiger charge is 2.43. The number of carbonyl (C=O) groups is 3. The van der Waals surface area contributed by atoms with Crippen molar-refractivity contribution in [2.24, 2.45) is 5.73 Å². The molecule has 0 unspecified atom stereocenters. The van der Waals surface area contributed by atoms with E-state index in [0.29, 0.717) is 13.1 Å². The molecule has 4 rings (SSSR count). The first-order valence-electron chi connectivity index (χ1n) is 13.8. The second kappa shape index (κ2) is 12.7. The molecular formula is C29H38N4O8S. The van der Waals surface area contributed by atoms with Crippen molar-refractivity contribution in [2.45, 2.75) is 63.6 Å². The number of rotatable bonds is 10. The second-order valence-corrected chi connectivity index (χ2v) is 13.0. The molecule has 2 aliphatic heterocycles. The van der Waals surface area contributed by atoms with Crippen LogP contribution in [0.4, 0.5) is 4.79 Å². The molecule has 0 aromatic heterocycles. The molecule has 2 aliphatic rings. The maximum absolute atomic E-state index is 13.4. The summed E-state index contributed by atoms with van der Waals surface area (Å²) >= 11 is 0. The van der Waals surface area contributed by atoms with E-state index in [1.54, 1.807) is 45.0 Å². The first-order valence-corrected chi connectivity index (χ1v) is 15.2. The Bertz CT molecular complexity index is 1380. The smallest absolute Gasteiger partial charge is 0.408 e. The number of nitrogens with two attached hydrogens (primary N) is 1. The third kappa shape index (κ3) is 7.99. The predicted octanol–water partition coefficient (Wildman–Crippen LogP) is 2.27. The minimum Gasteiger partial charge on any atom is -0.444 e. The maximum Gasteiger partial charge on any atom is 0.408 e. The Balaban J connectivity index is 1.40. The topological polar surface area (TPSA) is 166 Å². The molecule has 0 spiro atoms. The zero-order valence-electron chi connectivity index (χ0n) is 24.1. The highest BCUT2D eigenvalue weighted by Crippen LogP contribution is 2.26. The zero-order chi connectivity index (χ0) is 30.5. The van der Waals surface area contributed by atoms with Gasteiger partial charge >= 0.3 is 16.4 Å². The number of carbonyl (C=O) groups excluding carboxylic acids is 3. The van der Waals surface area contributed by atoms with E-state index < -0.39 is 45.4 Å². The summed E-state index contributed by atoms with van der Waals surface area (Å²) in [5.74, 6) is -1.02. The second-order valence-electron chi connectivity index (χ2n) is 11.5. The van der Waals surface area contributed by atoms with Crippen molar-refractivity contribution < 1.29 is 36.5 Å². The fraction of sp³-hybridized carbons (Fsp3) is 0.483. The van der Waals surface area contributed by atoms with Crippen LogP contribution in [0.5, 0.6) is 5.75 Å². The Morgan fingerprint density at radius 3 is 2.07 bits per heavy atom. The summed E-state index contributed by atoms with van der Waals surface area (Å²) < 4.78 is 41.6. The maximum atomic E-state index is 13.4. The van der Waals surface area contributed by atoms with Gasteiger partial charge in [0.2, 0.25) is 11.8 Å². The number of alkyl carbamates (subject to hydrolysis) is 1. The molecule has 42 heavy (non-hydrogen) atoms. The summed E-state index contributed by atoms with van der Waals surface area (Å²) in [6.45, 7) is 6.62. The molecule has 12 nitrogen and oxygen atoms in total. The Labute approximate surface area is 246 Å². The average Bonchev–Trinajstić information content (AvgIpc) is 2.87. The SMILES string of the molecule is CC(C)(C)OC(=O)NC1(C(=O)N[C@@H](Cc2ccc(-c3ccc(OS(=O)(=O)N4CCC4)cc3)cc2)C(N)=O)CCOCC1. The number of ether oxygens (including phenoxy) is 2. The summed E-state index contributed by atoms with van der Waals surface area (Å²) in [6, 6.07) is 13.0. The standard InChI is InChI=1S/C29H38N4O8S/c1-28(2,3)40-27(36)32-29(13-17-39-18-14-29)26(35)31-24(25(30)34)19-20-5-7-21(8-6-20)22-9-11-23(12-10-22)41-42(37,38)33-15-4-16-33/h5-12,24H,4,13-19H2,1-3H3,(H2,30,34)(H,31,35)(H,32,36)/t24-/m0/s1. The number of nitrogens with zero attached hydrogens (tertiary/aromatic N) is 1. The Kier molecular flexibility index (Phi) is 9.43. The molecule has 0 radical (unpaired) electrons. The van der Waals surface area contributed by atoms with Crippen molar-refractivity contribution in [3.63, 3.8) is 0 Å². The van der Waals surface area contributed by atoms with Crippen LogP contribution in [0.15, 0.2) is 48.5 Å². The van der Waals surface area contributed by atoms with Crippen LogP contribution in [0.25, 0.3) is 11.1 Å². The van der Waals surface area contributed by atoms with E-state index in [-0.39, 0.29) is 38.2 Å². The first kappa shape index (κ1) is 31.3. The summed E-state index contributed by atoms with van der Waals surface area (Å²) in [5, 5.41) is 5.43.